The molecule has 2 aromatic heterocycles. The molecule has 0 atom stereocenters. The zero-order valence-electron chi connectivity index (χ0n) is 9.84. The van der Waals surface area contributed by atoms with Gasteiger partial charge in [0.1, 0.15) is 11.2 Å². The number of aliphatic carboxylic acids is 1. The van der Waals surface area contributed by atoms with Gasteiger partial charge in [0.2, 0.25) is 0 Å². The molecule has 0 amide bonds. The molecule has 0 unspecified atom stereocenters. The van der Waals surface area contributed by atoms with Gasteiger partial charge in [-0.15, -0.1) is 11.3 Å². The van der Waals surface area contributed by atoms with Crippen LogP contribution in [0.2, 0.25) is 0 Å². The molecule has 5 nitrogen and oxygen atoms in total. The number of hydrogen-bond donors (Lipinski definition) is 1. The molecular weight excluding hydrogens is 252 g/mol. The number of nitrogens with zero attached hydrogens (tertiary/aromatic N) is 2. The summed E-state index contributed by atoms with van der Waals surface area (Å²) in [5.74, 6) is -0.462. The first-order valence-electron chi connectivity index (χ1n) is 5.79. The summed E-state index contributed by atoms with van der Waals surface area (Å²) in [5.41, 5.74) is 0.420. The molecule has 0 bridgehead atoms. The molecule has 0 aliphatic heterocycles. The fraction of sp³-hybridized carbons (Fsp3) is 0.417. The lowest BCUT2D eigenvalue weighted by atomic mass is 10.2. The van der Waals surface area contributed by atoms with E-state index in [0.717, 1.165) is 10.1 Å². The van der Waals surface area contributed by atoms with E-state index >= 15 is 0 Å². The second kappa shape index (κ2) is 3.91. The largest absolute Gasteiger partial charge is 0.480 e. The fourth-order valence-electron chi connectivity index (χ4n) is 2.04. The predicted octanol–water partition coefficient (Wildman–Crippen LogP) is 1.73. The second-order valence-electron chi connectivity index (χ2n) is 4.61. The molecule has 2 aromatic rings. The third-order valence-corrected chi connectivity index (χ3v) is 4.39. The van der Waals surface area contributed by atoms with E-state index in [-0.39, 0.29) is 12.1 Å². The van der Waals surface area contributed by atoms with Crippen LogP contribution >= 0.6 is 11.3 Å². The Labute approximate surface area is 107 Å². The molecule has 1 aliphatic rings. The number of rotatable bonds is 3. The monoisotopic (exact) mass is 264 g/mol. The van der Waals surface area contributed by atoms with Crippen LogP contribution in [0.15, 0.2) is 10.9 Å². The van der Waals surface area contributed by atoms with Crippen molar-refractivity contribution in [1.29, 1.82) is 0 Å². The van der Waals surface area contributed by atoms with E-state index in [1.54, 1.807) is 0 Å². The highest BCUT2D eigenvalue weighted by Gasteiger charge is 2.26. The molecule has 18 heavy (non-hydrogen) atoms. The summed E-state index contributed by atoms with van der Waals surface area (Å²) in [5, 5.41) is 13.7. The summed E-state index contributed by atoms with van der Waals surface area (Å²) < 4.78 is 1.67. The number of carboxylic acids is 1. The predicted molar refractivity (Wildman–Crippen MR) is 68.2 cm³/mol. The van der Waals surface area contributed by atoms with Crippen molar-refractivity contribution in [2.45, 2.75) is 32.2 Å². The zero-order valence-corrected chi connectivity index (χ0v) is 10.7. The minimum Gasteiger partial charge on any atom is -0.480 e. The van der Waals surface area contributed by atoms with Crippen LogP contribution in [0.25, 0.3) is 10.1 Å². The van der Waals surface area contributed by atoms with Gasteiger partial charge in [0.05, 0.1) is 5.69 Å². The normalized spacial score (nSPS) is 15.2. The third kappa shape index (κ3) is 1.82. The van der Waals surface area contributed by atoms with Crippen molar-refractivity contribution in [2.75, 3.05) is 0 Å². The van der Waals surface area contributed by atoms with Gasteiger partial charge in [-0.05, 0) is 31.7 Å². The number of carboxylic acid groups (broad SMARTS) is 1. The second-order valence-corrected chi connectivity index (χ2v) is 5.69. The van der Waals surface area contributed by atoms with E-state index in [1.807, 2.05) is 13.0 Å². The number of fused-ring (bicyclic) bond motifs is 1. The highest BCUT2D eigenvalue weighted by Crippen LogP contribution is 2.44. The number of aromatic nitrogens is 2. The lowest BCUT2D eigenvalue weighted by Gasteiger charge is -2.02. The maximum absolute atomic E-state index is 12.1. The maximum atomic E-state index is 12.1. The minimum absolute atomic E-state index is 0.296. The van der Waals surface area contributed by atoms with Gasteiger partial charge in [0, 0.05) is 10.3 Å². The Morgan fingerprint density at radius 3 is 2.94 bits per heavy atom. The molecule has 3 rings (SSSR count). The van der Waals surface area contributed by atoms with Crippen LogP contribution in [0.1, 0.15) is 29.3 Å². The van der Waals surface area contributed by atoms with E-state index in [4.69, 9.17) is 5.11 Å². The lowest BCUT2D eigenvalue weighted by Crippen LogP contribution is -2.26. The SMILES string of the molecule is Cc1nn(CC(=O)O)c(=O)c2sc(C3CC3)cc12. The number of carbonyl (C=O) groups is 1. The summed E-state index contributed by atoms with van der Waals surface area (Å²) in [4.78, 5) is 24.0. The van der Waals surface area contributed by atoms with Crippen molar-refractivity contribution in [2.24, 2.45) is 0 Å². The summed E-state index contributed by atoms with van der Waals surface area (Å²) in [7, 11) is 0. The van der Waals surface area contributed by atoms with Gasteiger partial charge in [-0.1, -0.05) is 0 Å². The zero-order chi connectivity index (χ0) is 12.9. The molecule has 1 saturated carbocycles. The van der Waals surface area contributed by atoms with Crippen molar-refractivity contribution in [3.63, 3.8) is 0 Å². The van der Waals surface area contributed by atoms with Gasteiger partial charge in [-0.25, -0.2) is 4.68 Å². The van der Waals surface area contributed by atoms with E-state index in [0.29, 0.717) is 16.3 Å². The number of thiophene rings is 1. The Balaban J connectivity index is 2.20. The molecule has 0 aromatic carbocycles. The number of hydrogen-bond acceptors (Lipinski definition) is 4. The van der Waals surface area contributed by atoms with Gasteiger partial charge in [-0.2, -0.15) is 5.10 Å². The van der Waals surface area contributed by atoms with Crippen LogP contribution < -0.4 is 5.56 Å². The molecule has 0 saturated heterocycles. The first kappa shape index (κ1) is 11.4. The van der Waals surface area contributed by atoms with Crippen molar-refractivity contribution in [3.05, 3.63) is 27.0 Å². The van der Waals surface area contributed by atoms with Crippen LogP contribution in [0, 0.1) is 6.92 Å². The smallest absolute Gasteiger partial charge is 0.325 e. The average molecular weight is 264 g/mol. The molecule has 94 valence electrons. The van der Waals surface area contributed by atoms with Crippen molar-refractivity contribution >= 4 is 27.4 Å². The quantitative estimate of drug-likeness (QED) is 0.916. The van der Waals surface area contributed by atoms with Crippen LogP contribution in [0.5, 0.6) is 0 Å². The van der Waals surface area contributed by atoms with Crippen LogP contribution in [0.3, 0.4) is 0 Å². The van der Waals surface area contributed by atoms with Gasteiger partial charge < -0.3 is 5.11 Å². The Morgan fingerprint density at radius 2 is 2.33 bits per heavy atom. The third-order valence-electron chi connectivity index (χ3n) is 3.11. The molecule has 0 spiro atoms. The molecule has 1 fully saturated rings. The van der Waals surface area contributed by atoms with E-state index in [2.05, 4.69) is 5.10 Å². The Kier molecular flexibility index (Phi) is 2.48. The molecule has 0 radical (unpaired) electrons. The van der Waals surface area contributed by atoms with Crippen molar-refractivity contribution < 1.29 is 9.90 Å². The summed E-state index contributed by atoms with van der Waals surface area (Å²) >= 11 is 1.48. The van der Waals surface area contributed by atoms with E-state index < -0.39 is 5.97 Å². The van der Waals surface area contributed by atoms with Gasteiger partial charge in [0.15, 0.2) is 0 Å². The van der Waals surface area contributed by atoms with Crippen LogP contribution in [-0.2, 0) is 11.3 Å². The van der Waals surface area contributed by atoms with Crippen LogP contribution in [0.4, 0.5) is 0 Å². The molecule has 2 heterocycles. The average Bonchev–Trinajstić information content (AvgIpc) is 3.04. The van der Waals surface area contributed by atoms with E-state index in [1.165, 1.54) is 29.1 Å². The summed E-state index contributed by atoms with van der Waals surface area (Å²) in [6.07, 6.45) is 2.37. The first-order chi connectivity index (χ1) is 8.56. The molecular formula is C12H12N2O3S. The standard InChI is InChI=1S/C12H12N2O3S/c1-6-8-4-9(7-2-3-7)18-11(8)12(17)14(13-6)5-10(15)16/h4,7H,2-3,5H2,1H3,(H,15,16). The van der Waals surface area contributed by atoms with Gasteiger partial charge in [0.25, 0.3) is 5.56 Å². The maximum Gasteiger partial charge on any atom is 0.325 e. The molecule has 1 aliphatic carbocycles. The Bertz CT molecular complexity index is 697. The number of aryl methyl sites for hydroxylation is 1. The van der Waals surface area contributed by atoms with Crippen molar-refractivity contribution in [1.82, 2.24) is 9.78 Å². The molecule has 1 N–H and O–H groups in total. The lowest BCUT2D eigenvalue weighted by molar-refractivity contribution is -0.137. The Morgan fingerprint density at radius 1 is 1.61 bits per heavy atom. The Hall–Kier alpha value is -1.69. The fourth-order valence-corrected chi connectivity index (χ4v) is 3.36. The minimum atomic E-state index is -1.05. The summed E-state index contributed by atoms with van der Waals surface area (Å²) in [6.45, 7) is 1.43. The summed E-state index contributed by atoms with van der Waals surface area (Å²) in [6, 6.07) is 2.03. The van der Waals surface area contributed by atoms with E-state index in [9.17, 15) is 9.59 Å². The highest BCUT2D eigenvalue weighted by molar-refractivity contribution is 7.19. The highest BCUT2D eigenvalue weighted by atomic mass is 32.1. The van der Waals surface area contributed by atoms with Crippen molar-refractivity contribution in [3.8, 4) is 0 Å². The van der Waals surface area contributed by atoms with Gasteiger partial charge >= 0.3 is 5.97 Å². The topological polar surface area (TPSA) is 72.2 Å². The molecule has 6 heteroatoms. The van der Waals surface area contributed by atoms with Crippen LogP contribution in [-0.4, -0.2) is 20.9 Å². The first-order valence-corrected chi connectivity index (χ1v) is 6.61. The van der Waals surface area contributed by atoms with Gasteiger partial charge in [-0.3, -0.25) is 9.59 Å².